The van der Waals surface area contributed by atoms with E-state index in [0.29, 0.717) is 24.5 Å². The highest BCUT2D eigenvalue weighted by molar-refractivity contribution is 14.0. The Morgan fingerprint density at radius 3 is 2.73 bits per heavy atom. The summed E-state index contributed by atoms with van der Waals surface area (Å²) in [5.41, 5.74) is 0.304. The molecule has 1 spiro atoms. The largest absolute Gasteiger partial charge is 0.450 e. The molecule has 0 saturated carbocycles. The lowest BCUT2D eigenvalue weighted by Gasteiger charge is -2.27. The number of aliphatic imine (C=N–C) groups is 1. The van der Waals surface area contributed by atoms with E-state index in [4.69, 9.17) is 9.47 Å². The second-order valence-corrected chi connectivity index (χ2v) is 7.59. The molecule has 8 heteroatoms. The van der Waals surface area contributed by atoms with Crippen molar-refractivity contribution in [3.63, 3.8) is 0 Å². The molecule has 0 aromatic rings. The molecule has 7 nitrogen and oxygen atoms in total. The predicted molar refractivity (Wildman–Crippen MR) is 114 cm³/mol. The summed E-state index contributed by atoms with van der Waals surface area (Å²) in [5, 5.41) is 6.39. The van der Waals surface area contributed by atoms with Gasteiger partial charge in [0.2, 0.25) is 0 Å². The van der Waals surface area contributed by atoms with Crippen molar-refractivity contribution < 1.29 is 14.3 Å². The van der Waals surface area contributed by atoms with Crippen molar-refractivity contribution in [1.29, 1.82) is 0 Å². The topological polar surface area (TPSA) is 75.2 Å². The zero-order valence-corrected chi connectivity index (χ0v) is 18.9. The summed E-state index contributed by atoms with van der Waals surface area (Å²) in [6.07, 6.45) is 2.83. The summed E-state index contributed by atoms with van der Waals surface area (Å²) in [6, 6.07) is 0.0159. The number of amides is 1. The minimum atomic E-state index is -0.354. The van der Waals surface area contributed by atoms with Gasteiger partial charge < -0.3 is 25.0 Å². The molecule has 2 unspecified atom stereocenters. The van der Waals surface area contributed by atoms with Gasteiger partial charge in [-0.3, -0.25) is 4.99 Å². The minimum Gasteiger partial charge on any atom is -0.450 e. The third-order valence-electron chi connectivity index (χ3n) is 4.99. The fourth-order valence-corrected chi connectivity index (χ4v) is 3.74. The summed E-state index contributed by atoms with van der Waals surface area (Å²) >= 11 is 0. The Hall–Kier alpha value is -0.770. The lowest BCUT2D eigenvalue weighted by Crippen LogP contribution is -2.48. The van der Waals surface area contributed by atoms with Crippen molar-refractivity contribution >= 4 is 36.0 Å². The summed E-state index contributed by atoms with van der Waals surface area (Å²) < 4.78 is 10.6. The van der Waals surface area contributed by atoms with Crippen LogP contribution in [-0.4, -0.2) is 69.5 Å². The molecule has 2 heterocycles. The molecule has 0 aromatic carbocycles. The molecule has 2 aliphatic rings. The first kappa shape index (κ1) is 23.3. The Morgan fingerprint density at radius 2 is 2.15 bits per heavy atom. The van der Waals surface area contributed by atoms with E-state index in [-0.39, 0.29) is 36.1 Å². The highest BCUT2D eigenvalue weighted by Crippen LogP contribution is 2.38. The van der Waals surface area contributed by atoms with Gasteiger partial charge in [-0.25, -0.2) is 4.79 Å². The summed E-state index contributed by atoms with van der Waals surface area (Å²) in [6.45, 7) is 10.9. The van der Waals surface area contributed by atoms with Gasteiger partial charge in [0, 0.05) is 44.7 Å². The Labute approximate surface area is 174 Å². The maximum absolute atomic E-state index is 11.8. The fraction of sp³-hybridized carbons (Fsp3) is 0.889. The van der Waals surface area contributed by atoms with E-state index < -0.39 is 0 Å². The number of carbonyl (C=O) groups is 1. The van der Waals surface area contributed by atoms with Crippen molar-refractivity contribution in [2.24, 2.45) is 16.3 Å². The quantitative estimate of drug-likeness (QED) is 0.346. The SMILES string of the molecule is CCOC(=O)NC(CNC(=NC)N1CCC2(CCOC2)C1)CC(C)C.I. The molecule has 2 fully saturated rings. The van der Waals surface area contributed by atoms with Crippen LogP contribution in [0.4, 0.5) is 4.79 Å². The number of carbonyl (C=O) groups excluding carboxylic acids is 1. The Balaban J connectivity index is 0.00000338. The van der Waals surface area contributed by atoms with Crippen molar-refractivity contribution in [3.05, 3.63) is 0 Å². The maximum Gasteiger partial charge on any atom is 0.407 e. The van der Waals surface area contributed by atoms with Gasteiger partial charge in [0.1, 0.15) is 0 Å². The molecule has 26 heavy (non-hydrogen) atoms. The van der Waals surface area contributed by atoms with Crippen LogP contribution in [0.2, 0.25) is 0 Å². The standard InChI is InChI=1S/C18H34N4O3.HI/c1-5-25-17(23)21-15(10-14(2)3)11-20-16(19-4)22-8-6-18(12-22)7-9-24-13-18;/h14-15H,5-13H2,1-4H3,(H,19,20)(H,21,23);1H. The molecule has 0 radical (unpaired) electrons. The molecule has 2 rings (SSSR count). The number of ether oxygens (including phenoxy) is 2. The lowest BCUT2D eigenvalue weighted by molar-refractivity contribution is 0.146. The van der Waals surface area contributed by atoms with Gasteiger partial charge >= 0.3 is 6.09 Å². The average Bonchev–Trinajstić information content (AvgIpc) is 3.18. The van der Waals surface area contributed by atoms with Crippen LogP contribution in [0.25, 0.3) is 0 Å². The molecule has 2 atom stereocenters. The molecule has 1 amide bonds. The predicted octanol–water partition coefficient (Wildman–Crippen LogP) is 2.45. The number of likely N-dealkylation sites (tertiary alicyclic amines) is 1. The van der Waals surface area contributed by atoms with Gasteiger partial charge in [0.15, 0.2) is 5.96 Å². The Morgan fingerprint density at radius 1 is 1.38 bits per heavy atom. The van der Waals surface area contributed by atoms with E-state index in [1.807, 2.05) is 14.0 Å². The van der Waals surface area contributed by atoms with Gasteiger partial charge in [0.05, 0.1) is 13.2 Å². The molecule has 0 aromatic heterocycles. The molecule has 0 aliphatic carbocycles. The van der Waals surface area contributed by atoms with Crippen LogP contribution < -0.4 is 10.6 Å². The normalized spacial score (nSPS) is 23.9. The van der Waals surface area contributed by atoms with Crippen LogP contribution in [0.15, 0.2) is 4.99 Å². The van der Waals surface area contributed by atoms with E-state index in [1.54, 1.807) is 0 Å². The number of nitrogens with zero attached hydrogens (tertiary/aromatic N) is 2. The molecule has 2 saturated heterocycles. The number of halogens is 1. The molecule has 0 bridgehead atoms. The molecule has 152 valence electrons. The first-order valence-corrected chi connectivity index (χ1v) is 9.44. The van der Waals surface area contributed by atoms with Crippen molar-refractivity contribution in [2.75, 3.05) is 46.5 Å². The third kappa shape index (κ3) is 6.75. The van der Waals surface area contributed by atoms with Crippen LogP contribution in [-0.2, 0) is 9.47 Å². The number of nitrogens with one attached hydrogen (secondary N) is 2. The van der Waals surface area contributed by atoms with Crippen LogP contribution in [0.1, 0.15) is 40.0 Å². The van der Waals surface area contributed by atoms with E-state index >= 15 is 0 Å². The second kappa shape index (κ2) is 11.2. The van der Waals surface area contributed by atoms with Crippen molar-refractivity contribution in [3.8, 4) is 0 Å². The number of rotatable bonds is 6. The Kier molecular flexibility index (Phi) is 9.99. The van der Waals surface area contributed by atoms with Gasteiger partial charge in [-0.05, 0) is 32.1 Å². The van der Waals surface area contributed by atoms with Gasteiger partial charge in [-0.1, -0.05) is 13.8 Å². The lowest BCUT2D eigenvalue weighted by atomic mass is 9.87. The van der Waals surface area contributed by atoms with E-state index in [2.05, 4.69) is 34.4 Å². The fourth-order valence-electron chi connectivity index (χ4n) is 3.74. The molecular weight excluding hydrogens is 447 g/mol. The highest BCUT2D eigenvalue weighted by Gasteiger charge is 2.42. The molecule has 2 N–H and O–H groups in total. The third-order valence-corrected chi connectivity index (χ3v) is 4.99. The smallest absolute Gasteiger partial charge is 0.407 e. The number of hydrogen-bond acceptors (Lipinski definition) is 4. The van der Waals surface area contributed by atoms with Gasteiger partial charge in [-0.15, -0.1) is 24.0 Å². The summed E-state index contributed by atoms with van der Waals surface area (Å²) in [4.78, 5) is 18.5. The molecular formula is C18H35IN4O3. The van der Waals surface area contributed by atoms with Crippen LogP contribution >= 0.6 is 24.0 Å². The van der Waals surface area contributed by atoms with Gasteiger partial charge in [-0.2, -0.15) is 0 Å². The van der Waals surface area contributed by atoms with Crippen LogP contribution in [0.5, 0.6) is 0 Å². The second-order valence-electron chi connectivity index (χ2n) is 7.59. The number of hydrogen-bond donors (Lipinski definition) is 2. The van der Waals surface area contributed by atoms with E-state index in [1.165, 1.54) is 0 Å². The van der Waals surface area contributed by atoms with Gasteiger partial charge in [0.25, 0.3) is 0 Å². The highest BCUT2D eigenvalue weighted by atomic mass is 127. The van der Waals surface area contributed by atoms with E-state index in [0.717, 1.165) is 51.5 Å². The number of guanidine groups is 1. The van der Waals surface area contributed by atoms with Crippen LogP contribution in [0, 0.1) is 11.3 Å². The van der Waals surface area contributed by atoms with E-state index in [9.17, 15) is 4.79 Å². The zero-order chi connectivity index (χ0) is 18.3. The summed E-state index contributed by atoms with van der Waals surface area (Å²) in [7, 11) is 1.81. The Bertz CT molecular complexity index is 467. The summed E-state index contributed by atoms with van der Waals surface area (Å²) in [5.74, 6) is 1.39. The molecule has 2 aliphatic heterocycles. The van der Waals surface area contributed by atoms with Crippen molar-refractivity contribution in [1.82, 2.24) is 15.5 Å². The first-order valence-electron chi connectivity index (χ1n) is 9.44. The van der Waals surface area contributed by atoms with Crippen LogP contribution in [0.3, 0.4) is 0 Å². The maximum atomic E-state index is 11.8. The minimum absolute atomic E-state index is 0. The number of alkyl carbamates (subject to hydrolysis) is 1. The zero-order valence-electron chi connectivity index (χ0n) is 16.5. The monoisotopic (exact) mass is 482 g/mol. The average molecular weight is 482 g/mol. The van der Waals surface area contributed by atoms with Crippen molar-refractivity contribution in [2.45, 2.75) is 46.1 Å². The first-order chi connectivity index (χ1) is 12.0.